The number of nitrogens with zero attached hydrogens (tertiary/aromatic N) is 4. The highest BCUT2D eigenvalue weighted by Gasteiger charge is 2.17. The zero-order valence-corrected chi connectivity index (χ0v) is 8.54. The van der Waals surface area contributed by atoms with Gasteiger partial charge in [0.1, 0.15) is 6.29 Å². The molecule has 1 saturated heterocycles. The van der Waals surface area contributed by atoms with Crippen molar-refractivity contribution in [3.8, 4) is 0 Å². The van der Waals surface area contributed by atoms with Crippen molar-refractivity contribution in [1.82, 2.24) is 14.9 Å². The lowest BCUT2D eigenvalue weighted by Crippen LogP contribution is -2.47. The van der Waals surface area contributed by atoms with Gasteiger partial charge in [-0.2, -0.15) is 0 Å². The Morgan fingerprint density at radius 3 is 2.47 bits per heavy atom. The molecule has 1 aliphatic rings. The molecular weight excluding hydrogens is 192 g/mol. The van der Waals surface area contributed by atoms with E-state index in [1.165, 1.54) is 0 Å². The average Bonchev–Trinajstić information content (AvgIpc) is 2.32. The summed E-state index contributed by atoms with van der Waals surface area (Å²) in [6.45, 7) is 4.10. The molecule has 0 atom stereocenters. The Kier molecular flexibility index (Phi) is 3.24. The van der Waals surface area contributed by atoms with Crippen LogP contribution in [-0.4, -0.2) is 53.9 Å². The minimum atomic E-state index is 0.531. The van der Waals surface area contributed by atoms with Gasteiger partial charge < -0.3 is 9.69 Å². The van der Waals surface area contributed by atoms with Gasteiger partial charge in [0, 0.05) is 38.6 Å². The molecule has 2 rings (SSSR count). The van der Waals surface area contributed by atoms with Gasteiger partial charge in [-0.05, 0) is 6.07 Å². The summed E-state index contributed by atoms with van der Waals surface area (Å²) in [4.78, 5) is 23.0. The first-order valence-electron chi connectivity index (χ1n) is 5.08. The third-order valence-corrected chi connectivity index (χ3v) is 2.54. The second-order valence-corrected chi connectivity index (χ2v) is 3.50. The predicted octanol–water partition coefficient (Wildman–Crippen LogP) is -0.203. The van der Waals surface area contributed by atoms with Crippen molar-refractivity contribution in [3.63, 3.8) is 0 Å². The third kappa shape index (κ3) is 2.50. The summed E-state index contributed by atoms with van der Waals surface area (Å²) in [7, 11) is 0. The number of carbonyl (C=O) groups is 1. The molecule has 0 radical (unpaired) electrons. The molecule has 0 amide bonds. The smallest absolute Gasteiger partial charge is 0.225 e. The predicted molar refractivity (Wildman–Crippen MR) is 56.7 cm³/mol. The molecule has 0 aliphatic carbocycles. The van der Waals surface area contributed by atoms with Crippen molar-refractivity contribution in [3.05, 3.63) is 18.5 Å². The van der Waals surface area contributed by atoms with E-state index >= 15 is 0 Å². The zero-order valence-electron chi connectivity index (χ0n) is 8.54. The molecule has 1 aromatic rings. The Morgan fingerprint density at radius 2 is 1.87 bits per heavy atom. The van der Waals surface area contributed by atoms with Crippen LogP contribution >= 0.6 is 0 Å². The van der Waals surface area contributed by atoms with E-state index in [4.69, 9.17) is 0 Å². The largest absolute Gasteiger partial charge is 0.338 e. The Hall–Kier alpha value is -1.49. The Bertz CT molecular complexity index is 308. The molecule has 5 heteroatoms. The molecule has 0 unspecified atom stereocenters. The van der Waals surface area contributed by atoms with Crippen molar-refractivity contribution in [2.24, 2.45) is 0 Å². The SMILES string of the molecule is O=CCN1CCN(c2ncccn2)CC1. The molecule has 0 bridgehead atoms. The molecule has 1 aromatic heterocycles. The Balaban J connectivity index is 1.91. The number of aromatic nitrogens is 2. The van der Waals surface area contributed by atoms with Gasteiger partial charge in [-0.15, -0.1) is 0 Å². The van der Waals surface area contributed by atoms with Crippen LogP contribution < -0.4 is 4.90 Å². The first kappa shape index (κ1) is 10.0. The zero-order chi connectivity index (χ0) is 10.5. The summed E-state index contributed by atoms with van der Waals surface area (Å²) in [6.07, 6.45) is 4.45. The van der Waals surface area contributed by atoms with Gasteiger partial charge in [-0.1, -0.05) is 0 Å². The summed E-state index contributed by atoms with van der Waals surface area (Å²) < 4.78 is 0. The minimum absolute atomic E-state index is 0.531. The van der Waals surface area contributed by atoms with Crippen LogP contribution in [0.5, 0.6) is 0 Å². The van der Waals surface area contributed by atoms with Crippen molar-refractivity contribution >= 4 is 12.2 Å². The molecule has 0 saturated carbocycles. The lowest BCUT2D eigenvalue weighted by atomic mass is 10.3. The number of anilines is 1. The maximum absolute atomic E-state index is 10.3. The molecular formula is C10H14N4O. The van der Waals surface area contributed by atoms with Crippen molar-refractivity contribution < 1.29 is 4.79 Å². The molecule has 0 N–H and O–H groups in total. The van der Waals surface area contributed by atoms with Crippen LogP contribution in [0.4, 0.5) is 5.95 Å². The van der Waals surface area contributed by atoms with Gasteiger partial charge in [-0.3, -0.25) is 4.90 Å². The van der Waals surface area contributed by atoms with E-state index in [1.54, 1.807) is 12.4 Å². The highest BCUT2D eigenvalue weighted by atomic mass is 16.1. The first-order chi connectivity index (χ1) is 7.40. The summed E-state index contributed by atoms with van der Waals surface area (Å²) >= 11 is 0. The normalized spacial score (nSPS) is 17.7. The van der Waals surface area contributed by atoms with Crippen LogP contribution in [0.1, 0.15) is 0 Å². The highest BCUT2D eigenvalue weighted by molar-refractivity contribution is 5.52. The standard InChI is InChI=1S/C10H14N4O/c15-9-8-13-4-6-14(7-5-13)10-11-2-1-3-12-10/h1-3,9H,4-8H2. The first-order valence-corrected chi connectivity index (χ1v) is 5.08. The van der Waals surface area contributed by atoms with Gasteiger partial charge in [0.15, 0.2) is 0 Å². The van der Waals surface area contributed by atoms with Crippen molar-refractivity contribution in [2.45, 2.75) is 0 Å². The fraction of sp³-hybridized carbons (Fsp3) is 0.500. The number of hydrogen-bond acceptors (Lipinski definition) is 5. The third-order valence-electron chi connectivity index (χ3n) is 2.54. The van der Waals surface area contributed by atoms with Crippen LogP contribution in [0.3, 0.4) is 0 Å². The number of piperazine rings is 1. The minimum Gasteiger partial charge on any atom is -0.338 e. The van der Waals surface area contributed by atoms with Gasteiger partial charge in [0.05, 0.1) is 6.54 Å². The fourth-order valence-corrected chi connectivity index (χ4v) is 1.69. The molecule has 2 heterocycles. The maximum atomic E-state index is 10.3. The van der Waals surface area contributed by atoms with E-state index in [0.717, 1.165) is 38.4 Å². The molecule has 1 aliphatic heterocycles. The summed E-state index contributed by atoms with van der Waals surface area (Å²) in [5.41, 5.74) is 0. The number of carbonyl (C=O) groups excluding carboxylic acids is 1. The second-order valence-electron chi connectivity index (χ2n) is 3.50. The number of rotatable bonds is 3. The van der Waals surface area contributed by atoms with Crippen LogP contribution in [0.15, 0.2) is 18.5 Å². The molecule has 5 nitrogen and oxygen atoms in total. The molecule has 1 fully saturated rings. The molecule has 15 heavy (non-hydrogen) atoms. The monoisotopic (exact) mass is 206 g/mol. The van der Waals surface area contributed by atoms with Crippen molar-refractivity contribution in [2.75, 3.05) is 37.6 Å². The summed E-state index contributed by atoms with van der Waals surface area (Å²) in [5, 5.41) is 0. The van der Waals surface area contributed by atoms with E-state index < -0.39 is 0 Å². The average molecular weight is 206 g/mol. The summed E-state index contributed by atoms with van der Waals surface area (Å²) in [6, 6.07) is 1.81. The van der Waals surface area contributed by atoms with Crippen LogP contribution in [0, 0.1) is 0 Å². The van der Waals surface area contributed by atoms with Crippen LogP contribution in [0.2, 0.25) is 0 Å². The van der Waals surface area contributed by atoms with Crippen LogP contribution in [0.25, 0.3) is 0 Å². The molecule has 0 aromatic carbocycles. The van der Waals surface area contributed by atoms with E-state index in [-0.39, 0.29) is 0 Å². The van der Waals surface area contributed by atoms with E-state index in [1.807, 2.05) is 6.07 Å². The highest BCUT2D eigenvalue weighted by Crippen LogP contribution is 2.08. The fourth-order valence-electron chi connectivity index (χ4n) is 1.69. The number of aldehydes is 1. The van der Waals surface area contributed by atoms with Gasteiger partial charge >= 0.3 is 0 Å². The van der Waals surface area contributed by atoms with Crippen LogP contribution in [-0.2, 0) is 4.79 Å². The Labute approximate surface area is 88.7 Å². The topological polar surface area (TPSA) is 49.3 Å². The van der Waals surface area contributed by atoms with E-state index in [0.29, 0.717) is 6.54 Å². The van der Waals surface area contributed by atoms with Crippen molar-refractivity contribution in [1.29, 1.82) is 0 Å². The van der Waals surface area contributed by atoms with Gasteiger partial charge in [-0.25, -0.2) is 9.97 Å². The second kappa shape index (κ2) is 4.84. The Morgan fingerprint density at radius 1 is 1.20 bits per heavy atom. The van der Waals surface area contributed by atoms with E-state index in [9.17, 15) is 4.79 Å². The lowest BCUT2D eigenvalue weighted by molar-refractivity contribution is -0.108. The maximum Gasteiger partial charge on any atom is 0.225 e. The van der Waals surface area contributed by atoms with Gasteiger partial charge in [0.25, 0.3) is 0 Å². The summed E-state index contributed by atoms with van der Waals surface area (Å²) in [5.74, 6) is 0.781. The number of hydrogen-bond donors (Lipinski definition) is 0. The molecule has 0 spiro atoms. The van der Waals surface area contributed by atoms with Gasteiger partial charge in [0.2, 0.25) is 5.95 Å². The quantitative estimate of drug-likeness (QED) is 0.641. The van der Waals surface area contributed by atoms with E-state index in [2.05, 4.69) is 19.8 Å². The molecule has 80 valence electrons. The lowest BCUT2D eigenvalue weighted by Gasteiger charge is -2.33.